The molecule has 1 amide bonds. The van der Waals surface area contributed by atoms with Gasteiger partial charge in [0.2, 0.25) is 0 Å². The Kier molecular flexibility index (Phi) is 6.60. The van der Waals surface area contributed by atoms with E-state index in [9.17, 15) is 4.79 Å². The number of benzene rings is 2. The van der Waals surface area contributed by atoms with E-state index < -0.39 is 0 Å². The summed E-state index contributed by atoms with van der Waals surface area (Å²) in [4.78, 5) is 14.2. The van der Waals surface area contributed by atoms with Crippen LogP contribution in [0.15, 0.2) is 42.5 Å². The number of carbonyl (C=O) groups is 1. The molecular formula is C19H25ClN2O2. The van der Waals surface area contributed by atoms with Gasteiger partial charge < -0.3 is 15.4 Å². The van der Waals surface area contributed by atoms with Crippen LogP contribution in [0.1, 0.15) is 18.4 Å². The summed E-state index contributed by atoms with van der Waals surface area (Å²) in [6, 6.07) is 14.7. The van der Waals surface area contributed by atoms with E-state index in [-0.39, 0.29) is 30.5 Å². The maximum absolute atomic E-state index is 12.5. The van der Waals surface area contributed by atoms with Crippen LogP contribution >= 0.6 is 12.4 Å². The molecular weight excluding hydrogens is 324 g/mol. The van der Waals surface area contributed by atoms with Crippen molar-refractivity contribution in [3.63, 3.8) is 0 Å². The van der Waals surface area contributed by atoms with Crippen molar-refractivity contribution in [2.24, 2.45) is 5.73 Å². The average molecular weight is 349 g/mol. The molecule has 0 aliphatic carbocycles. The van der Waals surface area contributed by atoms with Crippen molar-refractivity contribution in [1.82, 2.24) is 4.90 Å². The monoisotopic (exact) mass is 348 g/mol. The summed E-state index contributed by atoms with van der Waals surface area (Å²) in [7, 11) is 1.85. The molecule has 0 spiro atoms. The molecule has 0 aromatic heterocycles. The molecule has 1 fully saturated rings. The van der Waals surface area contributed by atoms with Crippen molar-refractivity contribution in [2.45, 2.75) is 31.5 Å². The topological polar surface area (TPSA) is 55.6 Å². The minimum absolute atomic E-state index is 0. The lowest BCUT2D eigenvalue weighted by Gasteiger charge is -2.21. The van der Waals surface area contributed by atoms with Crippen molar-refractivity contribution in [3.05, 3.63) is 48.0 Å². The molecule has 0 bridgehead atoms. The molecule has 2 atom stereocenters. The largest absolute Gasteiger partial charge is 0.364 e. The first-order chi connectivity index (χ1) is 11.2. The van der Waals surface area contributed by atoms with E-state index in [0.29, 0.717) is 13.1 Å². The number of amides is 1. The van der Waals surface area contributed by atoms with Crippen LogP contribution in [0.3, 0.4) is 0 Å². The molecule has 1 aliphatic rings. The predicted molar refractivity (Wildman–Crippen MR) is 99.5 cm³/mol. The zero-order valence-electron chi connectivity index (χ0n) is 14.0. The van der Waals surface area contributed by atoms with Crippen LogP contribution in [0.5, 0.6) is 0 Å². The first-order valence-corrected chi connectivity index (χ1v) is 8.26. The molecule has 0 unspecified atom stereocenters. The SMILES string of the molecule is CN(CCc1cccc2ccccc12)C(=O)[C@@H]1CC[C@H](CN)O1.Cl. The van der Waals surface area contributed by atoms with Crippen molar-refractivity contribution in [3.8, 4) is 0 Å². The van der Waals surface area contributed by atoms with E-state index in [1.807, 2.05) is 13.1 Å². The number of rotatable bonds is 5. The summed E-state index contributed by atoms with van der Waals surface area (Å²) in [6.45, 7) is 1.18. The molecule has 2 aromatic carbocycles. The summed E-state index contributed by atoms with van der Waals surface area (Å²) in [5.74, 6) is 0.0705. The number of fused-ring (bicyclic) bond motifs is 1. The number of halogens is 1. The van der Waals surface area contributed by atoms with Crippen molar-refractivity contribution in [1.29, 1.82) is 0 Å². The summed E-state index contributed by atoms with van der Waals surface area (Å²) in [5.41, 5.74) is 6.88. The van der Waals surface area contributed by atoms with Gasteiger partial charge in [0.1, 0.15) is 6.10 Å². The van der Waals surface area contributed by atoms with Crippen LogP contribution < -0.4 is 5.73 Å². The molecule has 0 radical (unpaired) electrons. The zero-order chi connectivity index (χ0) is 16.2. The van der Waals surface area contributed by atoms with Gasteiger partial charge in [-0.05, 0) is 35.6 Å². The minimum atomic E-state index is -0.318. The molecule has 1 aliphatic heterocycles. The number of hydrogen-bond donors (Lipinski definition) is 1. The van der Waals surface area contributed by atoms with Gasteiger partial charge in [0.25, 0.3) is 5.91 Å². The highest BCUT2D eigenvalue weighted by molar-refractivity contribution is 5.86. The lowest BCUT2D eigenvalue weighted by molar-refractivity contribution is -0.141. The standard InChI is InChI=1S/C19H24N2O2.ClH/c1-21(19(22)18-10-9-16(13-20)23-18)12-11-15-7-4-6-14-5-2-3-8-17(14)15;/h2-8,16,18H,9-13,20H2,1H3;1H/t16-,18+;/m1./s1. The minimum Gasteiger partial charge on any atom is -0.364 e. The predicted octanol–water partition coefficient (Wildman–Crippen LogP) is 2.77. The molecule has 24 heavy (non-hydrogen) atoms. The van der Waals surface area contributed by atoms with Crippen LogP contribution in [0.25, 0.3) is 10.8 Å². The molecule has 3 rings (SSSR count). The third kappa shape index (κ3) is 4.07. The van der Waals surface area contributed by atoms with Crippen LogP contribution in [0.2, 0.25) is 0 Å². The Morgan fingerprint density at radius 3 is 2.71 bits per heavy atom. The fraction of sp³-hybridized carbons (Fsp3) is 0.421. The lowest BCUT2D eigenvalue weighted by Crippen LogP contribution is -2.38. The highest BCUT2D eigenvalue weighted by Crippen LogP contribution is 2.22. The van der Waals surface area contributed by atoms with Crippen molar-refractivity contribution < 1.29 is 9.53 Å². The van der Waals surface area contributed by atoms with Crippen LogP contribution in [-0.2, 0) is 16.0 Å². The molecule has 2 aromatic rings. The van der Waals surface area contributed by atoms with Gasteiger partial charge in [-0.3, -0.25) is 4.79 Å². The van der Waals surface area contributed by atoms with Crippen LogP contribution in [0.4, 0.5) is 0 Å². The molecule has 1 heterocycles. The molecule has 2 N–H and O–H groups in total. The molecule has 4 nitrogen and oxygen atoms in total. The zero-order valence-corrected chi connectivity index (χ0v) is 14.8. The molecule has 1 saturated heterocycles. The summed E-state index contributed by atoms with van der Waals surface area (Å²) in [6.07, 6.45) is 2.22. The smallest absolute Gasteiger partial charge is 0.251 e. The Morgan fingerprint density at radius 2 is 1.96 bits per heavy atom. The lowest BCUT2D eigenvalue weighted by atomic mass is 10.0. The molecule has 5 heteroatoms. The van der Waals surface area contributed by atoms with E-state index in [1.165, 1.54) is 16.3 Å². The van der Waals surface area contributed by atoms with E-state index >= 15 is 0 Å². The number of nitrogens with two attached hydrogens (primary N) is 1. The third-order valence-electron chi connectivity index (χ3n) is 4.62. The number of likely N-dealkylation sites (N-methyl/N-ethyl adjacent to an activating group) is 1. The quantitative estimate of drug-likeness (QED) is 0.904. The van der Waals surface area contributed by atoms with Crippen LogP contribution in [0, 0.1) is 0 Å². The Morgan fingerprint density at radius 1 is 1.21 bits per heavy atom. The van der Waals surface area contributed by atoms with E-state index in [4.69, 9.17) is 10.5 Å². The Bertz CT molecular complexity index is 687. The van der Waals surface area contributed by atoms with E-state index in [1.54, 1.807) is 4.90 Å². The second-order valence-corrected chi connectivity index (χ2v) is 6.21. The van der Waals surface area contributed by atoms with Crippen LogP contribution in [-0.4, -0.2) is 43.2 Å². The summed E-state index contributed by atoms with van der Waals surface area (Å²) in [5, 5.41) is 2.50. The Hall–Kier alpha value is -1.62. The Balaban J connectivity index is 0.00000208. The first-order valence-electron chi connectivity index (χ1n) is 8.26. The molecule has 0 saturated carbocycles. The molecule has 130 valence electrons. The maximum atomic E-state index is 12.5. The maximum Gasteiger partial charge on any atom is 0.251 e. The highest BCUT2D eigenvalue weighted by atomic mass is 35.5. The van der Waals surface area contributed by atoms with Gasteiger partial charge in [0, 0.05) is 20.1 Å². The van der Waals surface area contributed by atoms with E-state index in [2.05, 4.69) is 36.4 Å². The number of carbonyl (C=O) groups excluding carboxylic acids is 1. The van der Waals surface area contributed by atoms with Gasteiger partial charge >= 0.3 is 0 Å². The van der Waals surface area contributed by atoms with Gasteiger partial charge in [0.05, 0.1) is 6.10 Å². The fourth-order valence-electron chi connectivity index (χ4n) is 3.22. The highest BCUT2D eigenvalue weighted by Gasteiger charge is 2.31. The number of hydrogen-bond acceptors (Lipinski definition) is 3. The van der Waals surface area contributed by atoms with Gasteiger partial charge in [-0.1, -0.05) is 42.5 Å². The average Bonchev–Trinajstić information content (AvgIpc) is 3.08. The van der Waals surface area contributed by atoms with E-state index in [0.717, 1.165) is 19.3 Å². The number of ether oxygens (including phenoxy) is 1. The van der Waals surface area contributed by atoms with Crippen molar-refractivity contribution >= 4 is 29.1 Å². The second kappa shape index (κ2) is 8.47. The number of nitrogens with zero attached hydrogens (tertiary/aromatic N) is 1. The van der Waals surface area contributed by atoms with Crippen molar-refractivity contribution in [2.75, 3.05) is 20.1 Å². The second-order valence-electron chi connectivity index (χ2n) is 6.21. The first kappa shape index (κ1) is 18.7. The Labute approximate surface area is 149 Å². The normalized spacial score (nSPS) is 19.9. The van der Waals surface area contributed by atoms with Gasteiger partial charge in [-0.25, -0.2) is 0 Å². The summed E-state index contributed by atoms with van der Waals surface area (Å²) >= 11 is 0. The fourth-order valence-corrected chi connectivity index (χ4v) is 3.22. The third-order valence-corrected chi connectivity index (χ3v) is 4.62. The summed E-state index contributed by atoms with van der Waals surface area (Å²) < 4.78 is 5.70. The van der Waals surface area contributed by atoms with Gasteiger partial charge in [-0.15, -0.1) is 12.4 Å². The van der Waals surface area contributed by atoms with Gasteiger partial charge in [-0.2, -0.15) is 0 Å². The van der Waals surface area contributed by atoms with Gasteiger partial charge in [0.15, 0.2) is 0 Å².